The molecule has 18 heavy (non-hydrogen) atoms. The topological polar surface area (TPSA) is 83.5 Å². The van der Waals surface area contributed by atoms with E-state index in [4.69, 9.17) is 4.74 Å². The molecule has 6 nitrogen and oxygen atoms in total. The fourth-order valence-corrected chi connectivity index (χ4v) is 1.82. The number of hydrogen-bond acceptors (Lipinski definition) is 5. The van der Waals surface area contributed by atoms with Gasteiger partial charge >= 0.3 is 5.97 Å². The quantitative estimate of drug-likeness (QED) is 0.360. The Balaban J connectivity index is 3.90. The van der Waals surface area contributed by atoms with Gasteiger partial charge in [0.05, 0.1) is 36.7 Å². The Labute approximate surface area is 109 Å². The van der Waals surface area contributed by atoms with E-state index in [1.807, 2.05) is 14.1 Å². The van der Waals surface area contributed by atoms with Crippen molar-refractivity contribution in [2.45, 2.75) is 20.3 Å². The van der Waals surface area contributed by atoms with Crippen molar-refractivity contribution in [2.24, 2.45) is 5.92 Å². The first-order valence-electron chi connectivity index (χ1n) is 5.96. The zero-order valence-corrected chi connectivity index (χ0v) is 12.3. The van der Waals surface area contributed by atoms with Crippen LogP contribution in [0.5, 0.6) is 0 Å². The molecule has 0 spiro atoms. The predicted octanol–water partition coefficient (Wildman–Crippen LogP) is 0.197. The second-order valence-electron chi connectivity index (χ2n) is 5.32. The lowest BCUT2D eigenvalue weighted by molar-refractivity contribution is -0.890. The highest BCUT2D eigenvalue weighted by atomic mass is 32.2. The van der Waals surface area contributed by atoms with Crippen LogP contribution >= 0.6 is 0 Å². The smallest absolute Gasteiger partial charge is 0.308 e. The predicted molar refractivity (Wildman–Crippen MR) is 66.8 cm³/mol. The van der Waals surface area contributed by atoms with E-state index in [1.165, 1.54) is 0 Å². The molecule has 0 aromatic rings. The molecule has 0 N–H and O–H groups in total. The van der Waals surface area contributed by atoms with Crippen LogP contribution in [0, 0.1) is 5.92 Å². The molecule has 0 fully saturated rings. The Kier molecular flexibility index (Phi) is 6.80. The average Bonchev–Trinajstić information content (AvgIpc) is 2.14. The van der Waals surface area contributed by atoms with Gasteiger partial charge in [-0.2, -0.15) is 0 Å². The van der Waals surface area contributed by atoms with Gasteiger partial charge in [-0.1, -0.05) is 13.8 Å². The molecule has 0 atom stereocenters. The third kappa shape index (κ3) is 9.38. The summed E-state index contributed by atoms with van der Waals surface area (Å²) in [6.07, 6.45) is 0.316. The van der Waals surface area contributed by atoms with E-state index < -0.39 is 10.1 Å². The van der Waals surface area contributed by atoms with Crippen molar-refractivity contribution in [1.29, 1.82) is 0 Å². The highest BCUT2D eigenvalue weighted by Gasteiger charge is 2.17. The highest BCUT2D eigenvalue weighted by Crippen LogP contribution is 2.02. The first-order valence-corrected chi connectivity index (χ1v) is 7.53. The summed E-state index contributed by atoms with van der Waals surface area (Å²) in [6.45, 7) is 4.98. The molecule has 0 aliphatic carbocycles. The average molecular weight is 281 g/mol. The number of nitrogens with zero attached hydrogens (tertiary/aromatic N) is 1. The first kappa shape index (κ1) is 17.3. The fraction of sp³-hybridized carbons (Fsp3) is 0.909. The molecule has 0 saturated carbocycles. The van der Waals surface area contributed by atoms with Crippen LogP contribution in [0.3, 0.4) is 0 Å². The van der Waals surface area contributed by atoms with Gasteiger partial charge in [-0.3, -0.25) is 4.79 Å². The number of carbonyl (C=O) groups is 1. The van der Waals surface area contributed by atoms with Gasteiger partial charge in [-0.15, -0.1) is 0 Å². The van der Waals surface area contributed by atoms with Crippen molar-refractivity contribution < 1.29 is 27.0 Å². The molecule has 0 aliphatic rings. The molecule has 0 radical (unpaired) electrons. The molecule has 0 unspecified atom stereocenters. The number of esters is 1. The van der Waals surface area contributed by atoms with E-state index in [0.29, 0.717) is 30.6 Å². The van der Waals surface area contributed by atoms with Gasteiger partial charge in [0, 0.05) is 12.2 Å². The van der Waals surface area contributed by atoms with Gasteiger partial charge in [-0.25, -0.2) is 8.42 Å². The monoisotopic (exact) mass is 281 g/mol. The lowest BCUT2D eigenvalue weighted by Gasteiger charge is -2.29. The molecule has 108 valence electrons. The van der Waals surface area contributed by atoms with Crippen molar-refractivity contribution in [3.8, 4) is 0 Å². The van der Waals surface area contributed by atoms with E-state index in [2.05, 4.69) is 0 Å². The number of quaternary nitrogens is 1. The van der Waals surface area contributed by atoms with E-state index in [1.54, 1.807) is 13.8 Å². The van der Waals surface area contributed by atoms with Crippen molar-refractivity contribution in [2.75, 3.05) is 39.5 Å². The minimum atomic E-state index is -4.14. The number of rotatable bonds is 8. The van der Waals surface area contributed by atoms with E-state index in [0.717, 1.165) is 0 Å². The summed E-state index contributed by atoms with van der Waals surface area (Å²) in [5, 5.41) is 0. The normalized spacial score (nSPS) is 12.8. The zero-order chi connectivity index (χ0) is 14.4. The van der Waals surface area contributed by atoms with Crippen LogP contribution in [0.2, 0.25) is 0 Å². The Morgan fingerprint density at radius 3 is 2.28 bits per heavy atom. The van der Waals surface area contributed by atoms with Gasteiger partial charge in [0.15, 0.2) is 0 Å². The van der Waals surface area contributed by atoms with Crippen LogP contribution in [0.1, 0.15) is 20.3 Å². The number of hydrogen-bond donors (Lipinski definition) is 0. The van der Waals surface area contributed by atoms with Crippen molar-refractivity contribution >= 4 is 16.1 Å². The standard InChI is InChI=1S/C11H23NO5S/c1-10(2)11(13)17-8-7-12(3,4)6-5-9-18(14,15)16/h10H,5-9H2,1-4H3. The van der Waals surface area contributed by atoms with Crippen LogP contribution in [-0.4, -0.2) is 63.0 Å². The number of carbonyl (C=O) groups excluding carboxylic acids is 1. The maximum atomic E-state index is 11.2. The van der Waals surface area contributed by atoms with Crippen molar-refractivity contribution in [3.05, 3.63) is 0 Å². The van der Waals surface area contributed by atoms with Gasteiger partial charge in [-0.05, 0) is 0 Å². The number of ether oxygens (including phenoxy) is 1. The Hall–Kier alpha value is -0.660. The summed E-state index contributed by atoms with van der Waals surface area (Å²) in [7, 11) is -0.330. The Morgan fingerprint density at radius 2 is 1.83 bits per heavy atom. The second kappa shape index (κ2) is 7.06. The lowest BCUT2D eigenvalue weighted by Crippen LogP contribution is -2.44. The lowest BCUT2D eigenvalue weighted by atomic mass is 10.2. The summed E-state index contributed by atoms with van der Waals surface area (Å²) in [5.74, 6) is -0.733. The van der Waals surface area contributed by atoms with Crippen LogP contribution in [0.4, 0.5) is 0 Å². The molecular formula is C11H23NO5S. The van der Waals surface area contributed by atoms with Crippen molar-refractivity contribution in [1.82, 2.24) is 0 Å². The van der Waals surface area contributed by atoms with Gasteiger partial charge in [0.1, 0.15) is 13.2 Å². The zero-order valence-electron chi connectivity index (χ0n) is 11.5. The molecule has 7 heteroatoms. The summed E-state index contributed by atoms with van der Waals surface area (Å²) in [6, 6.07) is 0. The van der Waals surface area contributed by atoms with E-state index >= 15 is 0 Å². The van der Waals surface area contributed by atoms with Crippen LogP contribution < -0.4 is 0 Å². The fourth-order valence-electron chi connectivity index (χ4n) is 1.34. The third-order valence-electron chi connectivity index (χ3n) is 2.57. The van der Waals surface area contributed by atoms with E-state index in [9.17, 15) is 17.8 Å². The molecular weight excluding hydrogens is 258 g/mol. The summed E-state index contributed by atoms with van der Waals surface area (Å²) in [5.41, 5.74) is 0. The second-order valence-corrected chi connectivity index (χ2v) is 6.84. The molecule has 0 heterocycles. The molecule has 0 rings (SSSR count). The Morgan fingerprint density at radius 1 is 1.28 bits per heavy atom. The van der Waals surface area contributed by atoms with E-state index in [-0.39, 0.29) is 17.6 Å². The molecule has 0 aromatic carbocycles. The van der Waals surface area contributed by atoms with Crippen LogP contribution in [0.25, 0.3) is 0 Å². The SMILES string of the molecule is CC(C)C(=O)OCC[N+](C)(C)CCCS(=O)(=O)[O-]. The maximum Gasteiger partial charge on any atom is 0.308 e. The highest BCUT2D eigenvalue weighted by molar-refractivity contribution is 7.85. The van der Waals surface area contributed by atoms with Crippen LogP contribution in [0.15, 0.2) is 0 Å². The van der Waals surface area contributed by atoms with Gasteiger partial charge < -0.3 is 13.8 Å². The largest absolute Gasteiger partial charge is 0.748 e. The Bertz CT molecular complexity index is 362. The van der Waals surface area contributed by atoms with Gasteiger partial charge in [0.2, 0.25) is 0 Å². The summed E-state index contributed by atoms with van der Waals surface area (Å²) >= 11 is 0. The van der Waals surface area contributed by atoms with Crippen LogP contribution in [-0.2, 0) is 19.6 Å². The molecule has 0 saturated heterocycles. The summed E-state index contributed by atoms with van der Waals surface area (Å²) < 4.78 is 37.0. The minimum Gasteiger partial charge on any atom is -0.748 e. The molecule has 0 bridgehead atoms. The number of likely N-dealkylation sites (N-methyl/N-ethyl adjacent to an activating group) is 1. The minimum absolute atomic E-state index is 0.147. The maximum absolute atomic E-state index is 11.2. The van der Waals surface area contributed by atoms with Crippen molar-refractivity contribution in [3.63, 3.8) is 0 Å². The van der Waals surface area contributed by atoms with Gasteiger partial charge in [0.25, 0.3) is 0 Å². The molecule has 0 aromatic heterocycles. The third-order valence-corrected chi connectivity index (χ3v) is 3.36. The summed E-state index contributed by atoms with van der Waals surface area (Å²) in [4.78, 5) is 11.2. The molecule has 0 amide bonds. The molecule has 0 aliphatic heterocycles. The first-order chi connectivity index (χ1) is 8.03.